The van der Waals surface area contributed by atoms with E-state index in [9.17, 15) is 0 Å². The average Bonchev–Trinajstić information content (AvgIpc) is 2.41. The number of nitrogens with zero attached hydrogens (tertiary/aromatic N) is 1. The van der Waals surface area contributed by atoms with E-state index in [-0.39, 0.29) is 0 Å². The van der Waals surface area contributed by atoms with Crippen LogP contribution in [-0.2, 0) is 6.54 Å². The Labute approximate surface area is 111 Å². The molecule has 0 saturated heterocycles. The molecule has 2 nitrogen and oxygen atoms in total. The fraction of sp³-hybridized carbons (Fsp3) is 0.625. The Balaban J connectivity index is 1.79. The van der Waals surface area contributed by atoms with Crippen molar-refractivity contribution in [1.82, 2.24) is 10.2 Å². The first-order valence-electron chi connectivity index (χ1n) is 7.27. The molecule has 0 aromatic heterocycles. The van der Waals surface area contributed by atoms with Crippen molar-refractivity contribution >= 4 is 0 Å². The van der Waals surface area contributed by atoms with Gasteiger partial charge in [-0.3, -0.25) is 4.90 Å². The lowest BCUT2D eigenvalue weighted by molar-refractivity contribution is 0.168. The zero-order valence-corrected chi connectivity index (χ0v) is 11.7. The summed E-state index contributed by atoms with van der Waals surface area (Å²) in [6.07, 6.45) is 5.33. The molecule has 1 aromatic rings. The normalized spacial score (nSPS) is 24.4. The van der Waals surface area contributed by atoms with Gasteiger partial charge in [0.2, 0.25) is 0 Å². The average molecular weight is 246 g/mol. The molecular weight excluding hydrogens is 220 g/mol. The summed E-state index contributed by atoms with van der Waals surface area (Å²) in [6.45, 7) is 4.39. The first-order chi connectivity index (χ1) is 8.79. The summed E-state index contributed by atoms with van der Waals surface area (Å²) >= 11 is 0. The molecule has 0 spiro atoms. The van der Waals surface area contributed by atoms with Crippen LogP contribution in [0.3, 0.4) is 0 Å². The lowest BCUT2D eigenvalue weighted by Gasteiger charge is -2.35. The van der Waals surface area contributed by atoms with Crippen molar-refractivity contribution in [2.45, 2.75) is 51.2 Å². The van der Waals surface area contributed by atoms with E-state index in [1.165, 1.54) is 31.2 Å². The molecule has 1 aromatic carbocycles. The summed E-state index contributed by atoms with van der Waals surface area (Å²) in [7, 11) is 2.27. The Morgan fingerprint density at radius 3 is 2.39 bits per heavy atom. The Kier molecular flexibility index (Phi) is 5.21. The van der Waals surface area contributed by atoms with Crippen molar-refractivity contribution in [3.8, 4) is 0 Å². The van der Waals surface area contributed by atoms with Gasteiger partial charge in [-0.05, 0) is 44.8 Å². The van der Waals surface area contributed by atoms with E-state index in [4.69, 9.17) is 0 Å². The maximum absolute atomic E-state index is 3.58. The number of hydrogen-bond acceptors (Lipinski definition) is 2. The predicted molar refractivity (Wildman–Crippen MR) is 77.6 cm³/mol. The molecule has 0 amide bonds. The minimum absolute atomic E-state index is 0.761. The van der Waals surface area contributed by atoms with Crippen LogP contribution in [0.4, 0.5) is 0 Å². The van der Waals surface area contributed by atoms with Crippen molar-refractivity contribution in [3.05, 3.63) is 35.9 Å². The van der Waals surface area contributed by atoms with Crippen molar-refractivity contribution in [1.29, 1.82) is 0 Å². The van der Waals surface area contributed by atoms with E-state index in [1.54, 1.807) is 0 Å². The molecule has 2 heteroatoms. The lowest BCUT2D eigenvalue weighted by atomic mass is 9.90. The molecule has 0 heterocycles. The van der Waals surface area contributed by atoms with E-state index in [1.807, 2.05) is 0 Å². The van der Waals surface area contributed by atoms with Crippen LogP contribution in [0.15, 0.2) is 30.3 Å². The highest BCUT2D eigenvalue weighted by Gasteiger charge is 2.23. The third-order valence-electron chi connectivity index (χ3n) is 4.09. The van der Waals surface area contributed by atoms with Crippen LogP contribution < -0.4 is 5.32 Å². The number of nitrogens with one attached hydrogen (secondary N) is 1. The van der Waals surface area contributed by atoms with Crippen LogP contribution in [0.1, 0.15) is 38.2 Å². The van der Waals surface area contributed by atoms with Crippen LogP contribution in [0, 0.1) is 0 Å². The van der Waals surface area contributed by atoms with Gasteiger partial charge in [0.25, 0.3) is 0 Å². The molecule has 100 valence electrons. The zero-order chi connectivity index (χ0) is 12.8. The lowest BCUT2D eigenvalue weighted by Crippen LogP contribution is -2.40. The highest BCUT2D eigenvalue weighted by atomic mass is 15.1. The van der Waals surface area contributed by atoms with Crippen molar-refractivity contribution < 1.29 is 0 Å². The largest absolute Gasteiger partial charge is 0.314 e. The minimum atomic E-state index is 0.761. The van der Waals surface area contributed by atoms with E-state index in [2.05, 4.69) is 54.5 Å². The van der Waals surface area contributed by atoms with Gasteiger partial charge in [0.1, 0.15) is 0 Å². The Morgan fingerprint density at radius 1 is 1.11 bits per heavy atom. The predicted octanol–water partition coefficient (Wildman–Crippen LogP) is 3.04. The monoisotopic (exact) mass is 246 g/mol. The Bertz CT molecular complexity index is 328. The van der Waals surface area contributed by atoms with Gasteiger partial charge in [-0.2, -0.15) is 0 Å². The van der Waals surface area contributed by atoms with Crippen LogP contribution in [0.25, 0.3) is 0 Å². The third kappa shape index (κ3) is 3.82. The standard InChI is InChI=1S/C16H26N2/c1-3-17-15-9-11-16(12-10-15)18(2)13-14-7-5-4-6-8-14/h4-8,15-17H,3,9-13H2,1-2H3. The summed E-state index contributed by atoms with van der Waals surface area (Å²) < 4.78 is 0. The van der Waals surface area contributed by atoms with Crippen molar-refractivity contribution in [2.24, 2.45) is 0 Å². The second-order valence-corrected chi connectivity index (χ2v) is 5.46. The summed E-state index contributed by atoms with van der Waals surface area (Å²) in [4.78, 5) is 2.53. The van der Waals surface area contributed by atoms with Crippen LogP contribution in [-0.4, -0.2) is 30.6 Å². The van der Waals surface area contributed by atoms with Gasteiger partial charge in [0, 0.05) is 18.6 Å². The molecule has 1 aliphatic carbocycles. The van der Waals surface area contributed by atoms with E-state index in [0.717, 1.165) is 25.2 Å². The minimum Gasteiger partial charge on any atom is -0.314 e. The van der Waals surface area contributed by atoms with E-state index in [0.29, 0.717) is 0 Å². The van der Waals surface area contributed by atoms with Gasteiger partial charge in [-0.25, -0.2) is 0 Å². The van der Waals surface area contributed by atoms with Crippen LogP contribution in [0.2, 0.25) is 0 Å². The summed E-state index contributed by atoms with van der Waals surface area (Å²) in [5, 5.41) is 3.58. The summed E-state index contributed by atoms with van der Waals surface area (Å²) in [6, 6.07) is 12.3. The quantitative estimate of drug-likeness (QED) is 0.859. The fourth-order valence-electron chi connectivity index (χ4n) is 3.01. The molecule has 0 bridgehead atoms. The summed E-state index contributed by atoms with van der Waals surface area (Å²) in [5.41, 5.74) is 1.42. The van der Waals surface area contributed by atoms with E-state index >= 15 is 0 Å². The van der Waals surface area contributed by atoms with Gasteiger partial charge < -0.3 is 5.32 Å². The molecule has 0 aliphatic heterocycles. The highest BCUT2D eigenvalue weighted by Crippen LogP contribution is 2.23. The molecular formula is C16H26N2. The molecule has 1 aliphatic rings. The second kappa shape index (κ2) is 6.91. The van der Waals surface area contributed by atoms with Crippen LogP contribution in [0.5, 0.6) is 0 Å². The number of rotatable bonds is 5. The first-order valence-corrected chi connectivity index (χ1v) is 7.27. The van der Waals surface area contributed by atoms with Crippen LogP contribution >= 0.6 is 0 Å². The molecule has 1 saturated carbocycles. The second-order valence-electron chi connectivity index (χ2n) is 5.46. The molecule has 0 unspecified atom stereocenters. The Morgan fingerprint density at radius 2 is 1.78 bits per heavy atom. The van der Waals surface area contributed by atoms with E-state index < -0.39 is 0 Å². The fourth-order valence-corrected chi connectivity index (χ4v) is 3.01. The Hall–Kier alpha value is -0.860. The maximum atomic E-state index is 3.58. The van der Waals surface area contributed by atoms with Crippen molar-refractivity contribution in [3.63, 3.8) is 0 Å². The summed E-state index contributed by atoms with van der Waals surface area (Å²) in [5.74, 6) is 0. The maximum Gasteiger partial charge on any atom is 0.0233 e. The molecule has 0 atom stereocenters. The SMILES string of the molecule is CCNC1CCC(N(C)Cc2ccccc2)CC1. The van der Waals surface area contributed by atoms with Gasteiger partial charge >= 0.3 is 0 Å². The molecule has 1 N–H and O–H groups in total. The molecule has 18 heavy (non-hydrogen) atoms. The first kappa shape index (κ1) is 13.6. The van der Waals surface area contributed by atoms with Gasteiger partial charge in [-0.15, -0.1) is 0 Å². The van der Waals surface area contributed by atoms with Crippen molar-refractivity contribution in [2.75, 3.05) is 13.6 Å². The molecule has 0 radical (unpaired) electrons. The number of benzene rings is 1. The topological polar surface area (TPSA) is 15.3 Å². The van der Waals surface area contributed by atoms with Gasteiger partial charge in [0.05, 0.1) is 0 Å². The molecule has 1 fully saturated rings. The molecule has 2 rings (SSSR count). The number of hydrogen-bond donors (Lipinski definition) is 1. The van der Waals surface area contributed by atoms with Gasteiger partial charge in [0.15, 0.2) is 0 Å². The van der Waals surface area contributed by atoms with Gasteiger partial charge in [-0.1, -0.05) is 37.3 Å². The third-order valence-corrected chi connectivity index (χ3v) is 4.09. The smallest absolute Gasteiger partial charge is 0.0233 e. The highest BCUT2D eigenvalue weighted by molar-refractivity contribution is 5.14. The zero-order valence-electron chi connectivity index (χ0n) is 11.7.